The van der Waals surface area contributed by atoms with E-state index >= 15 is 0 Å². The van der Waals surface area contributed by atoms with Gasteiger partial charge in [-0.1, -0.05) is 78.0 Å². The summed E-state index contributed by atoms with van der Waals surface area (Å²) < 4.78 is 5.57. The number of nitrogens with zero attached hydrogens (tertiary/aromatic N) is 3. The fourth-order valence-corrected chi connectivity index (χ4v) is 5.44. The number of hydrogen-bond donors (Lipinski definition) is 2. The molecular weight excluding hydrogens is 528 g/mol. The third-order valence-electron chi connectivity index (χ3n) is 7.66. The Kier molecular flexibility index (Phi) is 8.05. The van der Waals surface area contributed by atoms with Crippen LogP contribution in [-0.2, 0) is 19.4 Å². The highest BCUT2D eigenvalue weighted by Crippen LogP contribution is 2.33. The van der Waals surface area contributed by atoms with Crippen LogP contribution in [0, 0.1) is 0 Å². The molecule has 8 nitrogen and oxygen atoms in total. The minimum atomic E-state index is -0.676. The highest BCUT2D eigenvalue weighted by molar-refractivity contribution is 6.02. The largest absolute Gasteiger partial charge is 0.391 e. The van der Waals surface area contributed by atoms with E-state index in [1.165, 1.54) is 5.56 Å². The summed E-state index contributed by atoms with van der Waals surface area (Å²) in [6.45, 7) is 0.636. The zero-order valence-corrected chi connectivity index (χ0v) is 23.1. The highest BCUT2D eigenvalue weighted by atomic mass is 16.5. The van der Waals surface area contributed by atoms with E-state index in [0.29, 0.717) is 42.2 Å². The van der Waals surface area contributed by atoms with Crippen LogP contribution in [0.3, 0.4) is 0 Å². The van der Waals surface area contributed by atoms with Gasteiger partial charge in [0.2, 0.25) is 5.89 Å². The van der Waals surface area contributed by atoms with Crippen LogP contribution in [0.15, 0.2) is 102 Å². The molecule has 1 fully saturated rings. The highest BCUT2D eigenvalue weighted by Gasteiger charge is 2.39. The Morgan fingerprint density at radius 3 is 2.26 bits per heavy atom. The van der Waals surface area contributed by atoms with E-state index in [1.54, 1.807) is 17.0 Å². The maximum Gasteiger partial charge on any atom is 0.254 e. The van der Waals surface area contributed by atoms with E-state index in [-0.39, 0.29) is 18.4 Å². The molecule has 0 spiro atoms. The summed E-state index contributed by atoms with van der Waals surface area (Å²) in [4.78, 5) is 32.5. The number of β-amino-alcohol motifs (C(OH)–C–C–N with tert-alkyl or cyclic N) is 1. The van der Waals surface area contributed by atoms with Crippen LogP contribution in [0.2, 0.25) is 0 Å². The monoisotopic (exact) mass is 560 g/mol. The topological polar surface area (TPSA) is 109 Å². The van der Waals surface area contributed by atoms with Gasteiger partial charge in [-0.25, -0.2) is 0 Å². The number of carbonyl (C=O) groups excluding carboxylic acids is 2. The maximum absolute atomic E-state index is 13.6. The zero-order valence-electron chi connectivity index (χ0n) is 23.1. The van der Waals surface area contributed by atoms with Crippen molar-refractivity contribution in [1.29, 1.82) is 0 Å². The molecule has 2 atom stereocenters. The normalized spacial score (nSPS) is 16.5. The summed E-state index contributed by atoms with van der Waals surface area (Å²) in [5.74, 6) is 0.575. The van der Waals surface area contributed by atoms with Crippen LogP contribution in [0.5, 0.6) is 0 Å². The number of benzene rings is 4. The van der Waals surface area contributed by atoms with Crippen molar-refractivity contribution in [3.63, 3.8) is 0 Å². The quantitative estimate of drug-likeness (QED) is 0.254. The molecule has 42 heavy (non-hydrogen) atoms. The molecule has 2 heterocycles. The second-order valence-electron chi connectivity index (χ2n) is 10.7. The number of likely N-dealkylation sites (tertiary alicyclic amines) is 1. The van der Waals surface area contributed by atoms with Gasteiger partial charge < -0.3 is 19.8 Å². The Morgan fingerprint density at radius 1 is 0.857 bits per heavy atom. The minimum Gasteiger partial charge on any atom is -0.391 e. The third kappa shape index (κ3) is 6.24. The van der Waals surface area contributed by atoms with E-state index in [1.807, 2.05) is 72.8 Å². The zero-order chi connectivity index (χ0) is 28.9. The summed E-state index contributed by atoms with van der Waals surface area (Å²) in [5.41, 5.74) is 3.33. The van der Waals surface area contributed by atoms with Gasteiger partial charge in [0.25, 0.3) is 11.8 Å². The van der Waals surface area contributed by atoms with E-state index < -0.39 is 12.1 Å². The van der Waals surface area contributed by atoms with Crippen molar-refractivity contribution in [3.05, 3.63) is 131 Å². The molecule has 0 aliphatic carbocycles. The van der Waals surface area contributed by atoms with Crippen molar-refractivity contribution < 1.29 is 19.2 Å². The molecule has 2 amide bonds. The molecule has 212 valence electrons. The molecule has 0 bridgehead atoms. The van der Waals surface area contributed by atoms with E-state index in [0.717, 1.165) is 29.2 Å². The van der Waals surface area contributed by atoms with Crippen LogP contribution in [0.4, 0.5) is 0 Å². The lowest BCUT2D eigenvalue weighted by Crippen LogP contribution is -2.32. The Morgan fingerprint density at radius 2 is 1.52 bits per heavy atom. The van der Waals surface area contributed by atoms with Crippen molar-refractivity contribution in [2.24, 2.45) is 0 Å². The molecule has 0 saturated carbocycles. The fraction of sp³-hybridized carbons (Fsp3) is 0.235. The van der Waals surface area contributed by atoms with Crippen LogP contribution in [-0.4, -0.2) is 44.6 Å². The molecular formula is C34H32N4O4. The predicted molar refractivity (Wildman–Crippen MR) is 159 cm³/mol. The van der Waals surface area contributed by atoms with Crippen molar-refractivity contribution in [3.8, 4) is 0 Å². The molecule has 5 aromatic rings. The summed E-state index contributed by atoms with van der Waals surface area (Å²) in [7, 11) is 0. The SMILES string of the molecule is O=C(NCc1ccccc1)c1ccc2cc(C(=O)N3C[C@H](O)C[C@H]3c3nc(CCCc4ccccc4)no3)ccc2c1. The van der Waals surface area contributed by atoms with Crippen molar-refractivity contribution in [2.45, 2.75) is 44.4 Å². The molecule has 1 saturated heterocycles. The predicted octanol–water partition coefficient (Wildman–Crippen LogP) is 5.28. The van der Waals surface area contributed by atoms with Gasteiger partial charge >= 0.3 is 0 Å². The first kappa shape index (κ1) is 27.4. The van der Waals surface area contributed by atoms with Gasteiger partial charge in [-0.3, -0.25) is 9.59 Å². The molecule has 1 aromatic heterocycles. The molecule has 2 N–H and O–H groups in total. The van der Waals surface area contributed by atoms with Crippen molar-refractivity contribution in [2.75, 3.05) is 6.54 Å². The number of hydrogen-bond acceptors (Lipinski definition) is 6. The lowest BCUT2D eigenvalue weighted by atomic mass is 10.0. The standard InChI is InChI=1S/C34H32N4O4/c39-29-20-30(33-36-31(37-42-33)13-7-12-23-8-3-1-4-9-23)38(22-29)34(41)28-17-15-25-18-27(16-14-26(25)19-28)32(40)35-21-24-10-5-2-6-11-24/h1-6,8-11,14-19,29-30,39H,7,12-13,20-22H2,(H,35,40)/t29-,30+/m1/s1. The summed E-state index contributed by atoms with van der Waals surface area (Å²) >= 11 is 0. The number of carbonyl (C=O) groups is 2. The van der Waals surface area contributed by atoms with Crippen LogP contribution in [0.1, 0.15) is 62.4 Å². The first-order chi connectivity index (χ1) is 20.5. The minimum absolute atomic E-state index is 0.159. The van der Waals surface area contributed by atoms with Crippen molar-refractivity contribution in [1.82, 2.24) is 20.4 Å². The lowest BCUT2D eigenvalue weighted by Gasteiger charge is -2.22. The number of aromatic nitrogens is 2. The maximum atomic E-state index is 13.6. The second kappa shape index (κ2) is 12.4. The number of nitrogens with one attached hydrogen (secondary N) is 1. The van der Waals surface area contributed by atoms with Crippen LogP contribution >= 0.6 is 0 Å². The molecule has 1 aliphatic rings. The molecule has 0 radical (unpaired) electrons. The number of aliphatic hydroxyl groups excluding tert-OH is 1. The Hall–Kier alpha value is -4.82. The smallest absolute Gasteiger partial charge is 0.254 e. The van der Waals surface area contributed by atoms with Gasteiger partial charge in [-0.2, -0.15) is 4.98 Å². The van der Waals surface area contributed by atoms with Crippen LogP contribution < -0.4 is 5.32 Å². The number of aryl methyl sites for hydroxylation is 2. The van der Waals surface area contributed by atoms with Gasteiger partial charge in [-0.05, 0) is 59.0 Å². The summed E-state index contributed by atoms with van der Waals surface area (Å²) in [6, 6.07) is 30.3. The van der Waals surface area contributed by atoms with E-state index in [9.17, 15) is 14.7 Å². The van der Waals surface area contributed by atoms with E-state index in [2.05, 4.69) is 27.6 Å². The molecule has 6 rings (SSSR count). The van der Waals surface area contributed by atoms with Gasteiger partial charge in [0, 0.05) is 37.1 Å². The summed E-state index contributed by atoms with van der Waals surface area (Å²) in [6.07, 6.45) is 2.13. The summed E-state index contributed by atoms with van der Waals surface area (Å²) in [5, 5.41) is 19.2. The van der Waals surface area contributed by atoms with Gasteiger partial charge in [0.1, 0.15) is 6.04 Å². The fourth-order valence-electron chi connectivity index (χ4n) is 5.44. The number of amides is 2. The van der Waals surface area contributed by atoms with E-state index in [4.69, 9.17) is 4.52 Å². The van der Waals surface area contributed by atoms with Gasteiger partial charge in [-0.15, -0.1) is 0 Å². The van der Waals surface area contributed by atoms with Crippen LogP contribution in [0.25, 0.3) is 10.8 Å². The Balaban J connectivity index is 1.12. The number of rotatable bonds is 9. The van der Waals surface area contributed by atoms with Gasteiger partial charge in [0.05, 0.1) is 6.10 Å². The average molecular weight is 561 g/mol. The third-order valence-corrected chi connectivity index (χ3v) is 7.66. The first-order valence-corrected chi connectivity index (χ1v) is 14.2. The molecule has 8 heteroatoms. The molecule has 1 aliphatic heterocycles. The lowest BCUT2D eigenvalue weighted by molar-refractivity contribution is 0.0693. The second-order valence-corrected chi connectivity index (χ2v) is 10.7. The Bertz CT molecular complexity index is 1690. The Labute approximate surface area is 244 Å². The molecule has 4 aromatic carbocycles. The number of aliphatic hydroxyl groups is 1. The first-order valence-electron chi connectivity index (χ1n) is 14.2. The van der Waals surface area contributed by atoms with Gasteiger partial charge in [0.15, 0.2) is 5.82 Å². The number of fused-ring (bicyclic) bond motifs is 1. The average Bonchev–Trinajstić information content (AvgIpc) is 3.66. The molecule has 0 unspecified atom stereocenters. The van der Waals surface area contributed by atoms with Crippen molar-refractivity contribution >= 4 is 22.6 Å².